The highest BCUT2D eigenvalue weighted by Gasteiger charge is 2.33. The molecule has 0 amide bonds. The third-order valence-electron chi connectivity index (χ3n) is 5.78. The first-order valence-corrected chi connectivity index (χ1v) is 10.6. The summed E-state index contributed by atoms with van der Waals surface area (Å²) in [6.45, 7) is 7.63. The van der Waals surface area contributed by atoms with E-state index >= 15 is 0 Å². The highest BCUT2D eigenvalue weighted by atomic mass is 15.4. The van der Waals surface area contributed by atoms with Crippen LogP contribution >= 0.6 is 0 Å². The van der Waals surface area contributed by atoms with Gasteiger partial charge in [-0.15, -0.1) is 0 Å². The number of hydrogen-bond acceptors (Lipinski definition) is 5. The van der Waals surface area contributed by atoms with Gasteiger partial charge in [-0.2, -0.15) is 14.6 Å². The lowest BCUT2D eigenvalue weighted by molar-refractivity contribution is 0.538. The fraction of sp³-hybridized carbons (Fsp3) is 0.455. The van der Waals surface area contributed by atoms with Crippen molar-refractivity contribution in [3.05, 3.63) is 48.2 Å². The monoisotopic (exact) mass is 389 g/mol. The molecule has 1 fully saturated rings. The molecule has 7 heteroatoms. The van der Waals surface area contributed by atoms with Gasteiger partial charge in [0.1, 0.15) is 18.0 Å². The zero-order valence-corrected chi connectivity index (χ0v) is 17.3. The average molecular weight is 390 g/mol. The summed E-state index contributed by atoms with van der Waals surface area (Å²) in [7, 11) is 0. The number of fused-ring (bicyclic) bond motifs is 2. The van der Waals surface area contributed by atoms with Crippen LogP contribution in [0.1, 0.15) is 63.6 Å². The molecule has 7 nitrogen and oxygen atoms in total. The van der Waals surface area contributed by atoms with Crippen LogP contribution in [-0.4, -0.2) is 35.7 Å². The molecule has 4 heterocycles. The summed E-state index contributed by atoms with van der Waals surface area (Å²) < 4.78 is 4.27. The van der Waals surface area contributed by atoms with E-state index < -0.39 is 0 Å². The summed E-state index contributed by atoms with van der Waals surface area (Å²) in [6.07, 6.45) is 5.81. The Morgan fingerprint density at radius 2 is 2.03 bits per heavy atom. The summed E-state index contributed by atoms with van der Waals surface area (Å²) in [4.78, 5) is 16.6. The summed E-state index contributed by atoms with van der Waals surface area (Å²) in [6, 6.07) is 11.2. The van der Waals surface area contributed by atoms with Crippen molar-refractivity contribution < 1.29 is 0 Å². The van der Waals surface area contributed by atoms with Gasteiger partial charge in [0.15, 0.2) is 0 Å². The zero-order chi connectivity index (χ0) is 20.0. The van der Waals surface area contributed by atoms with E-state index in [1.54, 1.807) is 6.33 Å². The Balaban J connectivity index is 1.65. The van der Waals surface area contributed by atoms with Crippen LogP contribution in [0.5, 0.6) is 0 Å². The van der Waals surface area contributed by atoms with E-state index in [1.807, 2.05) is 4.52 Å². The molecule has 0 bridgehead atoms. The van der Waals surface area contributed by atoms with Gasteiger partial charge in [-0.05, 0) is 45.2 Å². The minimum Gasteiger partial charge on any atom is -0.346 e. The number of anilines is 1. The van der Waals surface area contributed by atoms with E-state index in [2.05, 4.69) is 75.6 Å². The van der Waals surface area contributed by atoms with Crippen molar-refractivity contribution in [1.29, 1.82) is 0 Å². The first-order chi connectivity index (χ1) is 14.2. The minimum atomic E-state index is 0.217. The lowest BCUT2D eigenvalue weighted by Crippen LogP contribution is -2.28. The molecule has 0 radical (unpaired) electrons. The van der Waals surface area contributed by atoms with Crippen LogP contribution in [0.25, 0.3) is 16.8 Å². The van der Waals surface area contributed by atoms with E-state index in [-0.39, 0.29) is 6.04 Å². The Bertz CT molecular complexity index is 1160. The second kappa shape index (κ2) is 7.13. The Morgan fingerprint density at radius 3 is 2.86 bits per heavy atom. The number of aromatic nitrogens is 6. The van der Waals surface area contributed by atoms with E-state index in [9.17, 15) is 0 Å². The highest BCUT2D eigenvalue weighted by Crippen LogP contribution is 2.38. The van der Waals surface area contributed by atoms with Crippen LogP contribution in [-0.2, 0) is 6.42 Å². The lowest BCUT2D eigenvalue weighted by atomic mass is 10.2. The van der Waals surface area contributed by atoms with Gasteiger partial charge in [0.2, 0.25) is 0 Å². The van der Waals surface area contributed by atoms with Crippen LogP contribution in [0.15, 0.2) is 36.7 Å². The van der Waals surface area contributed by atoms with E-state index in [0.717, 1.165) is 55.1 Å². The molecular weight excluding hydrogens is 362 g/mol. The van der Waals surface area contributed by atoms with Crippen molar-refractivity contribution in [2.45, 2.75) is 58.5 Å². The van der Waals surface area contributed by atoms with Gasteiger partial charge in [0.05, 0.1) is 17.1 Å². The number of para-hydroxylation sites is 2. The molecule has 0 unspecified atom stereocenters. The first-order valence-electron chi connectivity index (χ1n) is 10.6. The molecule has 4 aromatic rings. The topological polar surface area (TPSA) is 64.1 Å². The predicted molar refractivity (Wildman–Crippen MR) is 114 cm³/mol. The van der Waals surface area contributed by atoms with Crippen molar-refractivity contribution >= 4 is 22.6 Å². The minimum absolute atomic E-state index is 0.217. The van der Waals surface area contributed by atoms with Gasteiger partial charge < -0.3 is 9.47 Å². The second-order valence-electron chi connectivity index (χ2n) is 8.10. The van der Waals surface area contributed by atoms with E-state index in [4.69, 9.17) is 4.98 Å². The normalized spacial score (nSPS) is 17.2. The maximum Gasteiger partial charge on any atom is 0.254 e. The smallest absolute Gasteiger partial charge is 0.254 e. The molecule has 5 rings (SSSR count). The van der Waals surface area contributed by atoms with Crippen molar-refractivity contribution in [1.82, 2.24) is 29.1 Å². The van der Waals surface area contributed by atoms with Gasteiger partial charge in [0, 0.05) is 24.3 Å². The van der Waals surface area contributed by atoms with E-state index in [1.165, 1.54) is 5.52 Å². The molecule has 1 saturated heterocycles. The molecule has 1 aliphatic heterocycles. The molecule has 0 N–H and O–H groups in total. The molecule has 3 aromatic heterocycles. The maximum atomic E-state index is 5.08. The lowest BCUT2D eigenvalue weighted by Gasteiger charge is -2.28. The quantitative estimate of drug-likeness (QED) is 0.508. The van der Waals surface area contributed by atoms with Gasteiger partial charge in [-0.25, -0.2) is 9.97 Å². The zero-order valence-electron chi connectivity index (χ0n) is 17.3. The largest absolute Gasteiger partial charge is 0.346 e. The Morgan fingerprint density at radius 1 is 1.17 bits per heavy atom. The second-order valence-corrected chi connectivity index (χ2v) is 8.10. The molecule has 29 heavy (non-hydrogen) atoms. The van der Waals surface area contributed by atoms with Crippen LogP contribution < -0.4 is 4.90 Å². The van der Waals surface area contributed by atoms with Crippen LogP contribution in [0.4, 0.5) is 5.82 Å². The Labute approximate surface area is 170 Å². The molecule has 1 atom stereocenters. The summed E-state index contributed by atoms with van der Waals surface area (Å²) in [5.41, 5.74) is 3.35. The summed E-state index contributed by atoms with van der Waals surface area (Å²) in [5.74, 6) is 2.88. The Kier molecular flexibility index (Phi) is 4.45. The van der Waals surface area contributed by atoms with Crippen LogP contribution in [0.2, 0.25) is 0 Å². The number of rotatable bonds is 5. The number of imidazole rings is 1. The number of aryl methyl sites for hydroxylation is 1. The Hall–Kier alpha value is -2.96. The number of benzene rings is 1. The van der Waals surface area contributed by atoms with Gasteiger partial charge >= 0.3 is 0 Å². The molecule has 0 saturated carbocycles. The van der Waals surface area contributed by atoms with Crippen molar-refractivity contribution in [2.75, 3.05) is 11.4 Å². The highest BCUT2D eigenvalue weighted by molar-refractivity contribution is 5.76. The van der Waals surface area contributed by atoms with Gasteiger partial charge in [0.25, 0.3) is 5.78 Å². The predicted octanol–water partition coefficient (Wildman–Crippen LogP) is 4.35. The molecular formula is C22H27N7. The van der Waals surface area contributed by atoms with Crippen LogP contribution in [0, 0.1) is 0 Å². The molecule has 1 aromatic carbocycles. The third-order valence-corrected chi connectivity index (χ3v) is 5.78. The molecule has 1 aliphatic rings. The SMILES string of the molecule is CCCc1cc(N2CCC[C@H]2c2nc3ccccc3n2C(C)C)n2ncnc2n1. The summed E-state index contributed by atoms with van der Waals surface area (Å²) in [5, 5.41) is 4.47. The van der Waals surface area contributed by atoms with E-state index in [0.29, 0.717) is 11.8 Å². The van der Waals surface area contributed by atoms with Crippen molar-refractivity contribution in [2.24, 2.45) is 0 Å². The first kappa shape index (κ1) is 18.1. The van der Waals surface area contributed by atoms with Crippen molar-refractivity contribution in [3.63, 3.8) is 0 Å². The number of nitrogens with zero attached hydrogens (tertiary/aromatic N) is 7. The fourth-order valence-electron chi connectivity index (χ4n) is 4.58. The summed E-state index contributed by atoms with van der Waals surface area (Å²) >= 11 is 0. The van der Waals surface area contributed by atoms with Gasteiger partial charge in [-0.3, -0.25) is 0 Å². The maximum absolute atomic E-state index is 5.08. The third kappa shape index (κ3) is 2.96. The average Bonchev–Trinajstić information content (AvgIpc) is 3.44. The van der Waals surface area contributed by atoms with Gasteiger partial charge in [-0.1, -0.05) is 25.5 Å². The fourth-order valence-corrected chi connectivity index (χ4v) is 4.58. The molecule has 0 spiro atoms. The standard InChI is InChI=1S/C22H27N7/c1-4-8-16-13-20(29-22(25-16)23-14-24-29)27-12-7-11-19(27)21-26-17-9-5-6-10-18(17)28(21)15(2)3/h5-6,9-10,13-15,19H,4,7-8,11-12H2,1-3H3/t19-/m0/s1. The van der Waals surface area contributed by atoms with Crippen molar-refractivity contribution in [3.8, 4) is 0 Å². The van der Waals surface area contributed by atoms with Crippen LogP contribution in [0.3, 0.4) is 0 Å². The number of hydrogen-bond donors (Lipinski definition) is 0. The molecule has 0 aliphatic carbocycles. The molecule has 150 valence electrons.